The standard InChI is InChI=1S/C16H24IN7O5/c17-2-4-23(3-1-8(18)16(27)28)5-9-11(25)12(26)15(29-9)24-7-22-10-13(19)20-6-21-14(10)24/h6-9,11-12,15,25-26H,1-5,18H2,(H,27,28)(H2,19,20,21)/t8?,9-,11?,12+,15-/m1/s1. The van der Waals surface area contributed by atoms with Gasteiger partial charge in [0.1, 0.15) is 36.2 Å². The van der Waals surface area contributed by atoms with E-state index in [1.54, 1.807) is 0 Å². The van der Waals surface area contributed by atoms with Gasteiger partial charge in [-0.3, -0.25) is 14.3 Å². The Morgan fingerprint density at radius 2 is 2.07 bits per heavy atom. The lowest BCUT2D eigenvalue weighted by atomic mass is 10.1. The number of nitrogen functional groups attached to an aromatic ring is 1. The van der Waals surface area contributed by atoms with Crippen LogP contribution in [0.15, 0.2) is 12.7 Å². The molecule has 0 radical (unpaired) electrons. The second kappa shape index (κ2) is 9.44. The zero-order valence-electron chi connectivity index (χ0n) is 15.5. The van der Waals surface area contributed by atoms with Crippen molar-refractivity contribution >= 4 is 45.5 Å². The van der Waals surface area contributed by atoms with E-state index in [0.29, 0.717) is 30.8 Å². The fourth-order valence-corrected chi connectivity index (χ4v) is 3.96. The Hall–Kier alpha value is -1.65. The first-order valence-electron chi connectivity index (χ1n) is 9.04. The zero-order chi connectivity index (χ0) is 21.1. The van der Waals surface area contributed by atoms with E-state index in [4.69, 9.17) is 21.3 Å². The summed E-state index contributed by atoms with van der Waals surface area (Å²) in [5.74, 6) is -0.846. The van der Waals surface area contributed by atoms with Crippen LogP contribution in [0.1, 0.15) is 12.6 Å². The lowest BCUT2D eigenvalue weighted by molar-refractivity contribution is -0.138. The van der Waals surface area contributed by atoms with Crippen LogP contribution in [0.4, 0.5) is 5.82 Å². The number of hydrogen-bond acceptors (Lipinski definition) is 10. The van der Waals surface area contributed by atoms with Crippen molar-refractivity contribution in [2.24, 2.45) is 5.73 Å². The number of nitrogens with zero attached hydrogens (tertiary/aromatic N) is 5. The van der Waals surface area contributed by atoms with Gasteiger partial charge in [-0.25, -0.2) is 15.0 Å². The highest BCUT2D eigenvalue weighted by molar-refractivity contribution is 14.1. The van der Waals surface area contributed by atoms with Gasteiger partial charge in [-0.05, 0) is 6.42 Å². The number of aliphatic hydroxyl groups is 2. The molecule has 0 bridgehead atoms. The molecule has 2 unspecified atom stereocenters. The van der Waals surface area contributed by atoms with Gasteiger partial charge in [0.05, 0.1) is 6.33 Å². The van der Waals surface area contributed by atoms with Gasteiger partial charge in [0, 0.05) is 24.1 Å². The Morgan fingerprint density at radius 1 is 1.31 bits per heavy atom. The van der Waals surface area contributed by atoms with E-state index in [1.807, 2.05) is 4.90 Å². The van der Waals surface area contributed by atoms with Gasteiger partial charge >= 0.3 is 5.97 Å². The van der Waals surface area contributed by atoms with Crippen LogP contribution in [0.2, 0.25) is 0 Å². The maximum Gasteiger partial charge on any atom is 0.320 e. The summed E-state index contributed by atoms with van der Waals surface area (Å²) in [4.78, 5) is 25.1. The van der Waals surface area contributed by atoms with Crippen molar-refractivity contribution in [3.63, 3.8) is 0 Å². The number of aromatic nitrogens is 4. The fraction of sp³-hybridized carbons (Fsp3) is 0.625. The molecule has 1 saturated heterocycles. The number of carbonyl (C=O) groups is 1. The minimum atomic E-state index is -1.20. The molecule has 0 aliphatic carbocycles. The molecule has 3 rings (SSSR count). The van der Waals surface area contributed by atoms with Gasteiger partial charge in [-0.15, -0.1) is 0 Å². The van der Waals surface area contributed by atoms with E-state index >= 15 is 0 Å². The first-order valence-corrected chi connectivity index (χ1v) is 10.6. The van der Waals surface area contributed by atoms with Gasteiger partial charge in [-0.2, -0.15) is 0 Å². The average molecular weight is 521 g/mol. The first kappa shape index (κ1) is 22.0. The smallest absolute Gasteiger partial charge is 0.320 e. The molecule has 5 atom stereocenters. The molecule has 2 aromatic heterocycles. The Balaban J connectivity index is 1.72. The van der Waals surface area contributed by atoms with Crippen LogP contribution in [0.3, 0.4) is 0 Å². The van der Waals surface area contributed by atoms with Crippen LogP contribution in [0.25, 0.3) is 11.2 Å². The van der Waals surface area contributed by atoms with Crippen molar-refractivity contribution in [2.75, 3.05) is 29.8 Å². The fourth-order valence-electron chi connectivity index (χ4n) is 3.28. The van der Waals surface area contributed by atoms with E-state index in [1.165, 1.54) is 17.2 Å². The number of halogens is 1. The number of ether oxygens (including phenoxy) is 1. The number of hydrogen-bond donors (Lipinski definition) is 5. The van der Waals surface area contributed by atoms with Crippen LogP contribution in [0, 0.1) is 0 Å². The third-order valence-corrected chi connectivity index (χ3v) is 5.39. The second-order valence-electron chi connectivity index (χ2n) is 6.85. The van der Waals surface area contributed by atoms with Gasteiger partial charge in [0.2, 0.25) is 0 Å². The molecule has 7 N–H and O–H groups in total. The molecule has 13 heteroatoms. The third-order valence-electron chi connectivity index (χ3n) is 4.91. The van der Waals surface area contributed by atoms with E-state index in [-0.39, 0.29) is 12.2 Å². The van der Waals surface area contributed by atoms with E-state index in [2.05, 4.69) is 37.5 Å². The number of imidazole rings is 1. The number of alkyl halides is 1. The number of carboxylic acid groups (broad SMARTS) is 1. The minimum Gasteiger partial charge on any atom is -0.480 e. The van der Waals surface area contributed by atoms with E-state index in [9.17, 15) is 15.0 Å². The van der Waals surface area contributed by atoms with Crippen molar-refractivity contribution in [3.05, 3.63) is 12.7 Å². The Bertz CT molecular complexity index is 852. The molecule has 160 valence electrons. The normalized spacial score (nSPS) is 25.7. The van der Waals surface area contributed by atoms with Crippen LogP contribution in [-0.2, 0) is 9.53 Å². The Kier molecular flexibility index (Phi) is 7.18. The van der Waals surface area contributed by atoms with Crippen molar-refractivity contribution in [1.29, 1.82) is 0 Å². The van der Waals surface area contributed by atoms with Crippen LogP contribution in [0.5, 0.6) is 0 Å². The molecule has 2 aromatic rings. The minimum absolute atomic E-state index is 0.210. The number of carboxylic acids is 1. The maximum atomic E-state index is 10.9. The number of rotatable bonds is 9. The van der Waals surface area contributed by atoms with Crippen molar-refractivity contribution in [2.45, 2.75) is 37.0 Å². The maximum absolute atomic E-state index is 10.9. The summed E-state index contributed by atoms with van der Waals surface area (Å²) < 4.78 is 8.26. The van der Waals surface area contributed by atoms with Crippen LogP contribution in [-0.4, -0.2) is 94.1 Å². The molecule has 0 saturated carbocycles. The number of aliphatic carboxylic acids is 1. The summed E-state index contributed by atoms with van der Waals surface area (Å²) in [6, 6.07) is -0.957. The van der Waals surface area contributed by atoms with Crippen LogP contribution >= 0.6 is 22.6 Å². The van der Waals surface area contributed by atoms with E-state index in [0.717, 1.165) is 4.43 Å². The topological polar surface area (TPSA) is 186 Å². The Morgan fingerprint density at radius 3 is 2.76 bits per heavy atom. The summed E-state index contributed by atoms with van der Waals surface area (Å²) in [5, 5.41) is 30.0. The average Bonchev–Trinajstić information content (AvgIpc) is 3.23. The molecule has 1 aliphatic rings. The lowest BCUT2D eigenvalue weighted by Gasteiger charge is -2.26. The monoisotopic (exact) mass is 521 g/mol. The molecule has 3 heterocycles. The predicted molar refractivity (Wildman–Crippen MR) is 111 cm³/mol. The quantitative estimate of drug-likeness (QED) is 0.192. The van der Waals surface area contributed by atoms with Gasteiger partial charge < -0.3 is 31.5 Å². The molecule has 1 fully saturated rings. The van der Waals surface area contributed by atoms with Gasteiger partial charge in [0.25, 0.3) is 0 Å². The highest BCUT2D eigenvalue weighted by Crippen LogP contribution is 2.32. The predicted octanol–water partition coefficient (Wildman–Crippen LogP) is -1.43. The molecule has 1 aliphatic heterocycles. The summed E-state index contributed by atoms with van der Waals surface area (Å²) in [6.45, 7) is 1.41. The molecule has 12 nitrogen and oxygen atoms in total. The summed E-state index contributed by atoms with van der Waals surface area (Å²) in [6.07, 6.45) is -0.916. The highest BCUT2D eigenvalue weighted by Gasteiger charge is 2.44. The number of anilines is 1. The molecule has 0 spiro atoms. The number of aliphatic hydroxyl groups excluding tert-OH is 2. The van der Waals surface area contributed by atoms with Crippen molar-refractivity contribution < 1.29 is 24.9 Å². The number of nitrogens with two attached hydrogens (primary N) is 2. The lowest BCUT2D eigenvalue weighted by Crippen LogP contribution is -2.43. The molecule has 29 heavy (non-hydrogen) atoms. The van der Waals surface area contributed by atoms with Crippen molar-refractivity contribution in [3.8, 4) is 0 Å². The van der Waals surface area contributed by atoms with Gasteiger partial charge in [-0.1, -0.05) is 22.6 Å². The molecular weight excluding hydrogens is 497 g/mol. The largest absolute Gasteiger partial charge is 0.480 e. The zero-order valence-corrected chi connectivity index (χ0v) is 17.7. The molecule has 0 aromatic carbocycles. The summed E-state index contributed by atoms with van der Waals surface area (Å²) in [5.41, 5.74) is 12.2. The second-order valence-corrected chi connectivity index (χ2v) is 7.93. The van der Waals surface area contributed by atoms with E-state index < -0.39 is 36.6 Å². The van der Waals surface area contributed by atoms with Crippen LogP contribution < -0.4 is 11.5 Å². The molecule has 0 amide bonds. The third kappa shape index (κ3) is 4.75. The summed E-state index contributed by atoms with van der Waals surface area (Å²) in [7, 11) is 0. The first-order chi connectivity index (χ1) is 13.8. The molecular formula is C16H24IN7O5. The van der Waals surface area contributed by atoms with Crippen molar-refractivity contribution in [1.82, 2.24) is 24.4 Å². The SMILES string of the molecule is Nc1ncnc2c1ncn2[C@@H]1O[C@H](CN(CCI)CCC(N)C(=O)O)C(O)[C@@H]1O. The highest BCUT2D eigenvalue weighted by atomic mass is 127. The van der Waals surface area contributed by atoms with Gasteiger partial charge in [0.15, 0.2) is 17.7 Å². The number of fused-ring (bicyclic) bond motifs is 1. The Labute approximate surface area is 180 Å². The summed E-state index contributed by atoms with van der Waals surface area (Å²) >= 11 is 2.21.